The molecule has 0 amide bonds. The molecule has 1 rings (SSSR count). The molecule has 0 aromatic heterocycles. The van der Waals surface area contributed by atoms with Crippen LogP contribution in [0, 0.1) is 0 Å². The molecule has 0 atom stereocenters. The molecule has 0 unspecified atom stereocenters. The van der Waals surface area contributed by atoms with Crippen molar-refractivity contribution in [3.8, 4) is 5.75 Å². The average Bonchev–Trinajstić information content (AvgIpc) is 2.21. The highest BCUT2D eigenvalue weighted by Crippen LogP contribution is 2.19. The number of hydrogen-bond donors (Lipinski definition) is 1. The second-order valence-electron chi connectivity index (χ2n) is 4.79. The van der Waals surface area contributed by atoms with Gasteiger partial charge in [-0.25, -0.2) is 0 Å². The third-order valence-electron chi connectivity index (χ3n) is 2.46. The lowest BCUT2D eigenvalue weighted by Crippen LogP contribution is -2.38. The molecule has 16 heavy (non-hydrogen) atoms. The third kappa shape index (κ3) is 4.23. The number of aryl methyl sites for hydroxylation is 1. The molecule has 1 aromatic rings. The summed E-state index contributed by atoms with van der Waals surface area (Å²) in [4.78, 5) is 0. The number of likely N-dealkylation sites (N-methyl/N-ethyl adjacent to an activating group) is 1. The molecule has 2 nitrogen and oxygen atoms in total. The summed E-state index contributed by atoms with van der Waals surface area (Å²) in [5.41, 5.74) is 1.21. The smallest absolute Gasteiger partial charge is 0.120 e. The van der Waals surface area contributed by atoms with Crippen molar-refractivity contribution in [3.05, 3.63) is 29.8 Å². The van der Waals surface area contributed by atoms with Crippen molar-refractivity contribution in [1.82, 2.24) is 5.32 Å². The summed E-state index contributed by atoms with van der Waals surface area (Å²) in [6, 6.07) is 8.41. The van der Waals surface area contributed by atoms with Gasteiger partial charge < -0.3 is 10.1 Å². The molecule has 2 heteroatoms. The molecule has 0 aliphatic carbocycles. The van der Waals surface area contributed by atoms with Gasteiger partial charge in [-0.1, -0.05) is 25.5 Å². The van der Waals surface area contributed by atoms with Crippen molar-refractivity contribution in [2.24, 2.45) is 0 Å². The summed E-state index contributed by atoms with van der Waals surface area (Å²) < 4.78 is 5.91. The summed E-state index contributed by atoms with van der Waals surface area (Å²) in [6.07, 6.45) is 2.33. The fraction of sp³-hybridized carbons (Fsp3) is 0.571. The largest absolute Gasteiger partial charge is 0.487 e. The molecule has 0 aliphatic rings. The lowest BCUT2D eigenvalue weighted by Gasteiger charge is -2.26. The van der Waals surface area contributed by atoms with Crippen LogP contribution in [-0.2, 0) is 6.42 Å². The quantitative estimate of drug-likeness (QED) is 0.797. The van der Waals surface area contributed by atoms with E-state index in [4.69, 9.17) is 4.74 Å². The van der Waals surface area contributed by atoms with E-state index >= 15 is 0 Å². The van der Waals surface area contributed by atoms with Crippen LogP contribution in [0.1, 0.15) is 32.8 Å². The van der Waals surface area contributed by atoms with Gasteiger partial charge in [0.1, 0.15) is 11.4 Å². The Balaban J connectivity index is 2.61. The van der Waals surface area contributed by atoms with E-state index in [0.717, 1.165) is 18.7 Å². The van der Waals surface area contributed by atoms with Gasteiger partial charge in [-0.3, -0.25) is 0 Å². The zero-order chi connectivity index (χ0) is 12.0. The molecule has 1 N–H and O–H groups in total. The maximum Gasteiger partial charge on any atom is 0.120 e. The first-order valence-corrected chi connectivity index (χ1v) is 6.00. The zero-order valence-corrected chi connectivity index (χ0v) is 10.8. The van der Waals surface area contributed by atoms with Gasteiger partial charge in [-0.15, -0.1) is 0 Å². The first kappa shape index (κ1) is 13.0. The van der Waals surface area contributed by atoms with Gasteiger partial charge >= 0.3 is 0 Å². The van der Waals surface area contributed by atoms with Crippen LogP contribution in [0.2, 0.25) is 0 Å². The fourth-order valence-corrected chi connectivity index (χ4v) is 1.79. The van der Waals surface area contributed by atoms with Crippen molar-refractivity contribution in [2.45, 2.75) is 39.2 Å². The molecular formula is C14H23NO. The fourth-order valence-electron chi connectivity index (χ4n) is 1.79. The number of nitrogens with one attached hydrogen (secondary N) is 1. The summed E-state index contributed by atoms with van der Waals surface area (Å²) in [5.74, 6) is 0.945. The number of benzene rings is 1. The van der Waals surface area contributed by atoms with Crippen LogP contribution in [0.5, 0.6) is 5.75 Å². The predicted octanol–water partition coefficient (Wildman–Crippen LogP) is 3.02. The van der Waals surface area contributed by atoms with E-state index in [1.165, 1.54) is 12.0 Å². The normalized spacial score (nSPS) is 11.5. The molecule has 0 aliphatic heterocycles. The van der Waals surface area contributed by atoms with E-state index in [9.17, 15) is 0 Å². The number of ether oxygens (including phenoxy) is 1. The van der Waals surface area contributed by atoms with Gasteiger partial charge in [0.15, 0.2) is 0 Å². The van der Waals surface area contributed by atoms with Crippen molar-refractivity contribution in [1.29, 1.82) is 0 Å². The maximum absolute atomic E-state index is 5.91. The first-order valence-electron chi connectivity index (χ1n) is 6.00. The highest BCUT2D eigenvalue weighted by Gasteiger charge is 2.18. The Hall–Kier alpha value is -1.02. The summed E-state index contributed by atoms with van der Waals surface area (Å²) in [5, 5.41) is 3.13. The van der Waals surface area contributed by atoms with Crippen LogP contribution in [0.3, 0.4) is 0 Å². The minimum atomic E-state index is -0.166. The van der Waals surface area contributed by atoms with E-state index in [2.05, 4.69) is 50.4 Å². The highest BCUT2D eigenvalue weighted by molar-refractivity contribution is 5.27. The lowest BCUT2D eigenvalue weighted by molar-refractivity contribution is 0.110. The Bertz CT molecular complexity index is 303. The van der Waals surface area contributed by atoms with Crippen LogP contribution < -0.4 is 10.1 Å². The molecule has 0 spiro atoms. The molecule has 0 radical (unpaired) electrons. The lowest BCUT2D eigenvalue weighted by atomic mass is 10.1. The molecule has 1 aromatic carbocycles. The van der Waals surface area contributed by atoms with Crippen molar-refractivity contribution >= 4 is 0 Å². The van der Waals surface area contributed by atoms with Gasteiger partial charge in [0.05, 0.1) is 0 Å². The Morgan fingerprint density at radius 1 is 1.19 bits per heavy atom. The topological polar surface area (TPSA) is 21.3 Å². The predicted molar refractivity (Wildman–Crippen MR) is 69.1 cm³/mol. The van der Waals surface area contributed by atoms with Gasteiger partial charge in [0.2, 0.25) is 0 Å². The summed E-state index contributed by atoms with van der Waals surface area (Å²) in [6.45, 7) is 7.21. The van der Waals surface area contributed by atoms with E-state index < -0.39 is 0 Å². The molecule has 0 saturated heterocycles. The number of rotatable bonds is 6. The minimum absolute atomic E-state index is 0.166. The van der Waals surface area contributed by atoms with E-state index in [1.807, 2.05) is 7.05 Å². The van der Waals surface area contributed by atoms with Crippen LogP contribution in [0.15, 0.2) is 24.3 Å². The standard InChI is InChI=1S/C14H23NO/c1-5-6-12-7-9-13(10-8-12)16-14(2,3)11-15-4/h7-10,15H,5-6,11H2,1-4H3. The second kappa shape index (κ2) is 5.90. The number of hydrogen-bond acceptors (Lipinski definition) is 2. The van der Waals surface area contributed by atoms with Gasteiger partial charge in [0.25, 0.3) is 0 Å². The van der Waals surface area contributed by atoms with Gasteiger partial charge in [-0.2, -0.15) is 0 Å². The Morgan fingerprint density at radius 2 is 1.81 bits per heavy atom. The third-order valence-corrected chi connectivity index (χ3v) is 2.46. The highest BCUT2D eigenvalue weighted by atomic mass is 16.5. The van der Waals surface area contributed by atoms with E-state index in [-0.39, 0.29) is 5.60 Å². The molecular weight excluding hydrogens is 198 g/mol. The SMILES string of the molecule is CCCc1ccc(OC(C)(C)CNC)cc1. The van der Waals surface area contributed by atoms with Gasteiger partial charge in [-0.05, 0) is 45.0 Å². The van der Waals surface area contributed by atoms with Crippen molar-refractivity contribution < 1.29 is 4.74 Å². The maximum atomic E-state index is 5.91. The van der Waals surface area contributed by atoms with Crippen LogP contribution in [0.25, 0.3) is 0 Å². The Labute approximate surface area is 99.0 Å². The summed E-state index contributed by atoms with van der Waals surface area (Å²) >= 11 is 0. The second-order valence-corrected chi connectivity index (χ2v) is 4.79. The monoisotopic (exact) mass is 221 g/mol. The zero-order valence-electron chi connectivity index (χ0n) is 10.8. The van der Waals surface area contributed by atoms with E-state index in [1.54, 1.807) is 0 Å². The van der Waals surface area contributed by atoms with Gasteiger partial charge in [0, 0.05) is 6.54 Å². The molecule has 0 bridgehead atoms. The first-order chi connectivity index (χ1) is 7.57. The molecule has 90 valence electrons. The van der Waals surface area contributed by atoms with Crippen LogP contribution in [-0.4, -0.2) is 19.2 Å². The summed E-state index contributed by atoms with van der Waals surface area (Å²) in [7, 11) is 1.94. The minimum Gasteiger partial charge on any atom is -0.487 e. The molecule has 0 fully saturated rings. The Morgan fingerprint density at radius 3 is 2.31 bits per heavy atom. The van der Waals surface area contributed by atoms with Crippen LogP contribution >= 0.6 is 0 Å². The van der Waals surface area contributed by atoms with Crippen LogP contribution in [0.4, 0.5) is 0 Å². The molecule has 0 heterocycles. The van der Waals surface area contributed by atoms with E-state index in [0.29, 0.717) is 0 Å². The van der Waals surface area contributed by atoms with Crippen molar-refractivity contribution in [3.63, 3.8) is 0 Å². The Kier molecular flexibility index (Phi) is 4.81. The molecule has 0 saturated carbocycles. The van der Waals surface area contributed by atoms with Crippen molar-refractivity contribution in [2.75, 3.05) is 13.6 Å². The average molecular weight is 221 g/mol.